The average Bonchev–Trinajstić information content (AvgIpc) is 3.29. The summed E-state index contributed by atoms with van der Waals surface area (Å²) in [5.74, 6) is -0.604. The summed E-state index contributed by atoms with van der Waals surface area (Å²) in [5, 5.41) is 24.6. The predicted octanol–water partition coefficient (Wildman–Crippen LogP) is -0.816. The molecule has 1 aliphatic rings. The van der Waals surface area contributed by atoms with Gasteiger partial charge in [-0.1, -0.05) is 5.16 Å². The molecule has 16 nitrogen and oxygen atoms in total. The van der Waals surface area contributed by atoms with Gasteiger partial charge in [0.15, 0.2) is 11.8 Å². The Kier molecular flexibility index (Phi) is 7.15. The summed E-state index contributed by atoms with van der Waals surface area (Å²) < 4.78 is 55.9. The van der Waals surface area contributed by atoms with Crippen molar-refractivity contribution in [3.05, 3.63) is 62.8 Å². The van der Waals surface area contributed by atoms with Gasteiger partial charge in [-0.3, -0.25) is 18.5 Å². The van der Waals surface area contributed by atoms with Crippen molar-refractivity contribution in [1.29, 1.82) is 0 Å². The quantitative estimate of drug-likeness (QED) is 0.215. The summed E-state index contributed by atoms with van der Waals surface area (Å²) in [6, 6.07) is 4.51. The van der Waals surface area contributed by atoms with Gasteiger partial charge in [0.25, 0.3) is 5.56 Å². The summed E-state index contributed by atoms with van der Waals surface area (Å²) in [6.45, 7) is -1.42. The zero-order valence-electron chi connectivity index (χ0n) is 17.7. The van der Waals surface area contributed by atoms with Crippen molar-refractivity contribution in [3.8, 4) is 0 Å². The van der Waals surface area contributed by atoms with E-state index in [4.69, 9.17) is 19.0 Å². The number of nitrogens with zero attached hydrogens (tertiary/aromatic N) is 3. The molecule has 0 radical (unpaired) electrons. The Balaban J connectivity index is 1.57. The molecule has 5 atom stereocenters. The maximum absolute atomic E-state index is 13.6. The SMILES string of the molecule is O=c1ccn([C@@H]2O[C@H](COP(=O)(O)OP(=O)(O)O)C(O)C2O)c(=O)n1Cc1noc2ccc(F)cc12. The second-order valence-corrected chi connectivity index (χ2v) is 10.4. The highest BCUT2D eigenvalue weighted by molar-refractivity contribution is 7.60. The van der Waals surface area contributed by atoms with Crippen molar-refractivity contribution in [2.45, 2.75) is 31.1 Å². The van der Waals surface area contributed by atoms with Crippen LogP contribution in [-0.4, -0.2) is 64.1 Å². The highest BCUT2D eigenvalue weighted by Gasteiger charge is 2.46. The van der Waals surface area contributed by atoms with Crippen LogP contribution in [0, 0.1) is 5.82 Å². The molecule has 1 aliphatic heterocycles. The minimum atomic E-state index is -5.40. The van der Waals surface area contributed by atoms with Gasteiger partial charge in [-0.05, 0) is 18.2 Å². The number of benzene rings is 1. The zero-order valence-corrected chi connectivity index (χ0v) is 19.5. The fraction of sp³-hybridized carbons (Fsp3) is 0.353. The first-order valence-corrected chi connectivity index (χ1v) is 12.9. The summed E-state index contributed by atoms with van der Waals surface area (Å²) in [5.41, 5.74) is -1.54. The van der Waals surface area contributed by atoms with Crippen LogP contribution in [0.1, 0.15) is 11.9 Å². The maximum Gasteiger partial charge on any atom is 0.481 e. The molecule has 3 unspecified atom stereocenters. The van der Waals surface area contributed by atoms with Gasteiger partial charge in [0, 0.05) is 17.6 Å². The third kappa shape index (κ3) is 5.55. The number of phosphoric ester groups is 1. The number of halogens is 1. The third-order valence-electron chi connectivity index (χ3n) is 5.13. The molecular formula is C17H18FN3O13P2. The molecule has 1 saturated heterocycles. The third-order valence-corrected chi connectivity index (χ3v) is 7.28. The molecule has 1 fully saturated rings. The molecule has 0 bridgehead atoms. The molecule has 2 aromatic heterocycles. The molecule has 1 aromatic carbocycles. The second kappa shape index (κ2) is 9.72. The standard InChI is InChI=1S/C17H18FN3O13P2/c18-8-1-2-11-9(5-8)10(19-33-11)6-21-13(22)3-4-20(17(21)25)16-15(24)14(23)12(32-16)7-31-36(29,30)34-35(26,27)28/h1-5,12,14-16,23-24H,6-7H2,(H,29,30)(H2,26,27,28)/t12-,14?,15?,16-/m1/s1. The van der Waals surface area contributed by atoms with Crippen molar-refractivity contribution in [2.24, 2.45) is 0 Å². The Morgan fingerprint density at radius 3 is 2.53 bits per heavy atom. The van der Waals surface area contributed by atoms with Gasteiger partial charge in [0.1, 0.15) is 29.8 Å². The smallest absolute Gasteiger partial charge is 0.387 e. The van der Waals surface area contributed by atoms with Crippen LogP contribution in [0.4, 0.5) is 4.39 Å². The first-order valence-electron chi connectivity index (χ1n) is 9.87. The van der Waals surface area contributed by atoms with Crippen LogP contribution in [0.25, 0.3) is 11.0 Å². The molecule has 0 saturated carbocycles. The van der Waals surface area contributed by atoms with E-state index in [0.29, 0.717) is 4.57 Å². The number of ether oxygens (including phenoxy) is 1. The molecule has 0 amide bonds. The van der Waals surface area contributed by atoms with Crippen molar-refractivity contribution in [3.63, 3.8) is 0 Å². The minimum Gasteiger partial charge on any atom is -0.387 e. The molecule has 0 aliphatic carbocycles. The van der Waals surface area contributed by atoms with E-state index in [9.17, 15) is 38.2 Å². The molecule has 3 heterocycles. The molecule has 4 rings (SSSR count). The lowest BCUT2D eigenvalue weighted by Gasteiger charge is -2.19. The molecule has 19 heteroatoms. The Morgan fingerprint density at radius 2 is 1.83 bits per heavy atom. The monoisotopic (exact) mass is 553 g/mol. The first kappa shape index (κ1) is 26.5. The topological polar surface area (TPSA) is 233 Å². The predicted molar refractivity (Wildman–Crippen MR) is 113 cm³/mol. The van der Waals surface area contributed by atoms with Crippen LogP contribution in [0.5, 0.6) is 0 Å². The van der Waals surface area contributed by atoms with Gasteiger partial charge < -0.3 is 34.2 Å². The lowest BCUT2D eigenvalue weighted by atomic mass is 10.1. The van der Waals surface area contributed by atoms with Gasteiger partial charge >= 0.3 is 21.3 Å². The number of aliphatic hydroxyl groups excluding tert-OH is 2. The van der Waals surface area contributed by atoms with Crippen LogP contribution in [0.3, 0.4) is 0 Å². The number of phosphoric acid groups is 2. The molecule has 0 spiro atoms. The van der Waals surface area contributed by atoms with E-state index in [1.54, 1.807) is 0 Å². The highest BCUT2D eigenvalue weighted by atomic mass is 31.3. The zero-order chi connectivity index (χ0) is 26.4. The van der Waals surface area contributed by atoms with Gasteiger partial charge in [0.05, 0.1) is 13.2 Å². The summed E-state index contributed by atoms with van der Waals surface area (Å²) in [6.07, 6.45) is -5.79. The number of rotatable bonds is 8. The maximum atomic E-state index is 13.6. The first-order chi connectivity index (χ1) is 16.8. The van der Waals surface area contributed by atoms with Crippen LogP contribution in [-0.2, 0) is 29.2 Å². The van der Waals surface area contributed by atoms with Crippen molar-refractivity contribution < 1.29 is 56.5 Å². The lowest BCUT2D eigenvalue weighted by Crippen LogP contribution is -2.43. The van der Waals surface area contributed by atoms with Crippen LogP contribution >= 0.6 is 15.6 Å². The summed E-state index contributed by atoms with van der Waals surface area (Å²) in [7, 11) is -10.7. The number of fused-ring (bicyclic) bond motifs is 1. The van der Waals surface area contributed by atoms with E-state index in [1.807, 2.05) is 0 Å². The van der Waals surface area contributed by atoms with Crippen molar-refractivity contribution in [1.82, 2.24) is 14.3 Å². The molecule has 36 heavy (non-hydrogen) atoms. The van der Waals surface area contributed by atoms with E-state index in [-0.39, 0.29) is 16.7 Å². The lowest BCUT2D eigenvalue weighted by molar-refractivity contribution is -0.0547. The average molecular weight is 553 g/mol. The Labute approximate surface area is 198 Å². The molecule has 3 aromatic rings. The summed E-state index contributed by atoms with van der Waals surface area (Å²) in [4.78, 5) is 52.0. The van der Waals surface area contributed by atoms with E-state index in [0.717, 1.165) is 29.0 Å². The van der Waals surface area contributed by atoms with E-state index >= 15 is 0 Å². The van der Waals surface area contributed by atoms with Crippen LogP contribution in [0.2, 0.25) is 0 Å². The largest absolute Gasteiger partial charge is 0.481 e. The van der Waals surface area contributed by atoms with Crippen LogP contribution in [0.15, 0.2) is 44.6 Å². The van der Waals surface area contributed by atoms with Gasteiger partial charge in [0.2, 0.25) is 0 Å². The number of aromatic nitrogens is 3. The Hall–Kier alpha value is -2.56. The summed E-state index contributed by atoms with van der Waals surface area (Å²) >= 11 is 0. The van der Waals surface area contributed by atoms with Gasteiger partial charge in [-0.15, -0.1) is 0 Å². The Bertz CT molecular complexity index is 1500. The molecule has 5 N–H and O–H groups in total. The fourth-order valence-corrected chi connectivity index (χ4v) is 5.12. The highest BCUT2D eigenvalue weighted by Crippen LogP contribution is 2.57. The second-order valence-electron chi connectivity index (χ2n) is 7.58. The molecule has 196 valence electrons. The van der Waals surface area contributed by atoms with E-state index < -0.39 is 70.4 Å². The Morgan fingerprint density at radius 1 is 1.11 bits per heavy atom. The number of aliphatic hydroxyl groups is 2. The van der Waals surface area contributed by atoms with E-state index in [1.165, 1.54) is 6.07 Å². The van der Waals surface area contributed by atoms with Gasteiger partial charge in [-0.25, -0.2) is 18.3 Å². The normalized spacial score (nSPS) is 24.3. The van der Waals surface area contributed by atoms with Crippen LogP contribution < -0.4 is 11.2 Å². The van der Waals surface area contributed by atoms with Crippen molar-refractivity contribution >= 4 is 26.6 Å². The van der Waals surface area contributed by atoms with Crippen molar-refractivity contribution in [2.75, 3.05) is 6.61 Å². The number of hydrogen-bond donors (Lipinski definition) is 5. The molecular weight excluding hydrogens is 535 g/mol. The number of hydrogen-bond acceptors (Lipinski definition) is 11. The van der Waals surface area contributed by atoms with E-state index in [2.05, 4.69) is 14.0 Å². The minimum absolute atomic E-state index is 0.0596. The fourth-order valence-electron chi connectivity index (χ4n) is 3.52. The van der Waals surface area contributed by atoms with Gasteiger partial charge in [-0.2, -0.15) is 4.31 Å².